The molecule has 25 heavy (non-hydrogen) atoms. The zero-order valence-corrected chi connectivity index (χ0v) is 14.7. The van der Waals surface area contributed by atoms with Gasteiger partial charge in [0.25, 0.3) is 5.91 Å². The topological polar surface area (TPSA) is 87.5 Å². The fourth-order valence-corrected chi connectivity index (χ4v) is 3.10. The van der Waals surface area contributed by atoms with Crippen LogP contribution in [0.1, 0.15) is 17.8 Å². The average molecular weight is 355 g/mol. The van der Waals surface area contributed by atoms with Crippen molar-refractivity contribution < 1.29 is 9.59 Å². The van der Waals surface area contributed by atoms with Crippen molar-refractivity contribution >= 4 is 35.1 Å². The second-order valence-corrected chi connectivity index (χ2v) is 6.48. The molecule has 0 aliphatic carbocycles. The van der Waals surface area contributed by atoms with Crippen molar-refractivity contribution in [2.24, 2.45) is 5.10 Å². The van der Waals surface area contributed by atoms with E-state index in [9.17, 15) is 9.59 Å². The molecule has 128 valence electrons. The number of nitrogens with one attached hydrogen (secondary N) is 1. The van der Waals surface area contributed by atoms with Gasteiger partial charge in [0.15, 0.2) is 5.16 Å². The molecule has 0 radical (unpaired) electrons. The molecular weight excluding hydrogens is 338 g/mol. The van der Waals surface area contributed by atoms with Crippen LogP contribution in [-0.2, 0) is 9.59 Å². The smallest absolute Gasteiger partial charge is 0.255 e. The zero-order chi connectivity index (χ0) is 17.8. The summed E-state index contributed by atoms with van der Waals surface area (Å²) in [4.78, 5) is 32.7. The molecule has 3 rings (SSSR count). The summed E-state index contributed by atoms with van der Waals surface area (Å²) in [6, 6.07) is 11.0. The Balaban J connectivity index is 1.59. The van der Waals surface area contributed by atoms with E-state index in [1.54, 1.807) is 12.1 Å². The quantitative estimate of drug-likeness (QED) is 0.670. The van der Waals surface area contributed by atoms with Crippen molar-refractivity contribution in [1.82, 2.24) is 15.3 Å². The van der Waals surface area contributed by atoms with Gasteiger partial charge in [-0.25, -0.2) is 9.97 Å². The fraction of sp³-hybridized carbons (Fsp3) is 0.235. The van der Waals surface area contributed by atoms with Gasteiger partial charge < -0.3 is 5.32 Å². The minimum Gasteiger partial charge on any atom is -0.312 e. The van der Waals surface area contributed by atoms with Crippen LogP contribution in [0.3, 0.4) is 0 Å². The van der Waals surface area contributed by atoms with E-state index in [-0.39, 0.29) is 24.0 Å². The minimum atomic E-state index is -0.241. The molecular formula is C17H17N5O2S. The van der Waals surface area contributed by atoms with E-state index in [1.165, 1.54) is 16.8 Å². The summed E-state index contributed by atoms with van der Waals surface area (Å²) in [6.45, 7) is 3.77. The number of benzene rings is 1. The molecule has 2 heterocycles. The van der Waals surface area contributed by atoms with Crippen molar-refractivity contribution in [2.75, 3.05) is 10.8 Å². The molecule has 1 aromatic heterocycles. The van der Waals surface area contributed by atoms with Crippen LogP contribution in [0.25, 0.3) is 0 Å². The molecule has 2 aromatic rings. The predicted molar refractivity (Wildman–Crippen MR) is 96.4 cm³/mol. The number of carbonyl (C=O) groups excluding carboxylic acids is 2. The molecule has 1 aliphatic rings. The maximum atomic E-state index is 12.1. The molecule has 8 heteroatoms. The average Bonchev–Trinajstić information content (AvgIpc) is 2.93. The number of aromatic nitrogens is 2. The number of amidine groups is 1. The van der Waals surface area contributed by atoms with Gasteiger partial charge in [-0.2, -0.15) is 10.1 Å². The summed E-state index contributed by atoms with van der Waals surface area (Å²) in [6.07, 6.45) is 0.0748. The lowest BCUT2D eigenvalue weighted by Gasteiger charge is -2.10. The SMILES string of the molecule is Cc1cc(C)nc(SCC(=O)NC2=NN(c3ccccc3)C(=O)C2)n1. The molecule has 0 fully saturated rings. The number of thioether (sulfide) groups is 1. The van der Waals surface area contributed by atoms with Gasteiger partial charge in [-0.15, -0.1) is 0 Å². The number of nitrogens with zero attached hydrogens (tertiary/aromatic N) is 4. The Morgan fingerprint density at radius 2 is 1.88 bits per heavy atom. The Kier molecular flexibility index (Phi) is 5.08. The van der Waals surface area contributed by atoms with Gasteiger partial charge >= 0.3 is 0 Å². The molecule has 0 saturated carbocycles. The highest BCUT2D eigenvalue weighted by molar-refractivity contribution is 7.99. The van der Waals surface area contributed by atoms with Gasteiger partial charge in [0, 0.05) is 11.4 Å². The molecule has 7 nitrogen and oxygen atoms in total. The molecule has 0 unspecified atom stereocenters. The van der Waals surface area contributed by atoms with Crippen molar-refractivity contribution in [3.8, 4) is 0 Å². The Labute approximate surface area is 149 Å². The third-order valence-electron chi connectivity index (χ3n) is 3.35. The first kappa shape index (κ1) is 17.1. The molecule has 1 aromatic carbocycles. The van der Waals surface area contributed by atoms with Crippen LogP contribution in [0.2, 0.25) is 0 Å². The first-order valence-electron chi connectivity index (χ1n) is 7.71. The molecule has 0 atom stereocenters. The first-order valence-corrected chi connectivity index (χ1v) is 8.70. The number of amides is 2. The number of hydrogen-bond donors (Lipinski definition) is 1. The van der Waals surface area contributed by atoms with Gasteiger partial charge in [0.2, 0.25) is 5.91 Å². The van der Waals surface area contributed by atoms with E-state index in [4.69, 9.17) is 0 Å². The van der Waals surface area contributed by atoms with E-state index in [1.807, 2.05) is 38.1 Å². The van der Waals surface area contributed by atoms with Crippen LogP contribution in [-0.4, -0.2) is 33.4 Å². The Bertz CT molecular complexity index is 818. The highest BCUT2D eigenvalue weighted by atomic mass is 32.2. The molecule has 0 saturated heterocycles. The van der Waals surface area contributed by atoms with Gasteiger partial charge in [-0.1, -0.05) is 30.0 Å². The minimum absolute atomic E-state index is 0.0748. The lowest BCUT2D eigenvalue weighted by atomic mass is 10.3. The van der Waals surface area contributed by atoms with Crippen molar-refractivity contribution in [2.45, 2.75) is 25.4 Å². The maximum Gasteiger partial charge on any atom is 0.255 e. The van der Waals surface area contributed by atoms with Crippen molar-refractivity contribution in [3.05, 3.63) is 47.8 Å². The lowest BCUT2D eigenvalue weighted by Crippen LogP contribution is -2.31. The fourth-order valence-electron chi connectivity index (χ4n) is 2.36. The van der Waals surface area contributed by atoms with E-state index in [0.29, 0.717) is 16.7 Å². The monoisotopic (exact) mass is 355 g/mol. The van der Waals surface area contributed by atoms with Gasteiger partial charge in [-0.3, -0.25) is 9.59 Å². The second kappa shape index (κ2) is 7.43. The zero-order valence-electron chi connectivity index (χ0n) is 13.9. The van der Waals surface area contributed by atoms with E-state index >= 15 is 0 Å². The van der Waals surface area contributed by atoms with Crippen LogP contribution in [0, 0.1) is 13.8 Å². The normalized spacial score (nSPS) is 13.8. The Morgan fingerprint density at radius 1 is 1.20 bits per heavy atom. The van der Waals surface area contributed by atoms with Crippen molar-refractivity contribution in [3.63, 3.8) is 0 Å². The van der Waals surface area contributed by atoms with E-state index < -0.39 is 0 Å². The van der Waals surface area contributed by atoms with E-state index in [0.717, 1.165) is 11.4 Å². The first-order chi connectivity index (χ1) is 12.0. The maximum absolute atomic E-state index is 12.1. The number of hydrogen-bond acceptors (Lipinski definition) is 6. The standard InChI is InChI=1S/C17H17N5O2S/c1-11-8-12(2)19-17(18-11)25-10-15(23)20-14-9-16(24)22(21-14)13-6-4-3-5-7-13/h3-8H,9-10H2,1-2H3,(H,20,21,23). The van der Waals surface area contributed by atoms with Crippen LogP contribution in [0.15, 0.2) is 46.7 Å². The summed E-state index contributed by atoms with van der Waals surface area (Å²) < 4.78 is 0. The summed E-state index contributed by atoms with van der Waals surface area (Å²) in [5.41, 5.74) is 2.40. The van der Waals surface area contributed by atoms with Gasteiger partial charge in [0.1, 0.15) is 5.84 Å². The number of carbonyl (C=O) groups is 2. The number of anilines is 1. The largest absolute Gasteiger partial charge is 0.312 e. The molecule has 0 spiro atoms. The Hall–Kier alpha value is -2.74. The van der Waals surface area contributed by atoms with Gasteiger partial charge in [-0.05, 0) is 32.0 Å². The van der Waals surface area contributed by atoms with Crippen LogP contribution < -0.4 is 10.3 Å². The lowest BCUT2D eigenvalue weighted by molar-refractivity contribution is -0.117. The van der Waals surface area contributed by atoms with Crippen LogP contribution in [0.5, 0.6) is 0 Å². The van der Waals surface area contributed by atoms with Crippen molar-refractivity contribution in [1.29, 1.82) is 0 Å². The molecule has 1 N–H and O–H groups in total. The summed E-state index contributed by atoms with van der Waals surface area (Å²) in [7, 11) is 0. The van der Waals surface area contributed by atoms with E-state index in [2.05, 4.69) is 20.4 Å². The number of para-hydroxylation sites is 1. The highest BCUT2D eigenvalue weighted by Crippen LogP contribution is 2.19. The third kappa shape index (κ3) is 4.42. The predicted octanol–water partition coefficient (Wildman–Crippen LogP) is 2.05. The second-order valence-electron chi connectivity index (χ2n) is 5.53. The summed E-state index contributed by atoms with van der Waals surface area (Å²) in [5.74, 6) is 0.0864. The van der Waals surface area contributed by atoms with Crippen LogP contribution >= 0.6 is 11.8 Å². The third-order valence-corrected chi connectivity index (χ3v) is 4.20. The van der Waals surface area contributed by atoms with Gasteiger partial charge in [0.05, 0.1) is 17.9 Å². The molecule has 2 amide bonds. The Morgan fingerprint density at radius 3 is 2.56 bits per heavy atom. The highest BCUT2D eigenvalue weighted by Gasteiger charge is 2.26. The van der Waals surface area contributed by atoms with Crippen LogP contribution in [0.4, 0.5) is 5.69 Å². The number of aryl methyl sites for hydroxylation is 2. The summed E-state index contributed by atoms with van der Waals surface area (Å²) in [5, 5.41) is 8.73. The molecule has 1 aliphatic heterocycles. The molecule has 0 bridgehead atoms. The summed E-state index contributed by atoms with van der Waals surface area (Å²) >= 11 is 1.25. The number of rotatable bonds is 4. The number of hydrazone groups is 1.